The van der Waals surface area contributed by atoms with Gasteiger partial charge in [-0.05, 0) is 75.9 Å². The molecule has 0 N–H and O–H groups in total. The van der Waals surface area contributed by atoms with Crippen LogP contribution in [-0.2, 0) is 11.2 Å². The Morgan fingerprint density at radius 2 is 1.92 bits per heavy atom. The predicted octanol–water partition coefficient (Wildman–Crippen LogP) is 3.72. The van der Waals surface area contributed by atoms with Gasteiger partial charge >= 0.3 is 0 Å². The van der Waals surface area contributed by atoms with Gasteiger partial charge in [0.25, 0.3) is 0 Å². The average Bonchev–Trinajstić information content (AvgIpc) is 2.55. The van der Waals surface area contributed by atoms with E-state index in [2.05, 4.69) is 35.8 Å². The maximum absolute atomic E-state index is 12.9. The molecule has 142 valence electrons. The first-order valence-electron chi connectivity index (χ1n) is 9.74. The third-order valence-electron chi connectivity index (χ3n) is 6.10. The number of benzene rings is 1. The third-order valence-corrected chi connectivity index (χ3v) is 6.10. The number of fused-ring (bicyclic) bond motifs is 1. The van der Waals surface area contributed by atoms with Gasteiger partial charge < -0.3 is 9.80 Å². The van der Waals surface area contributed by atoms with Gasteiger partial charge in [0.1, 0.15) is 5.54 Å². The smallest absolute Gasteiger partial charge is 0.163 e. The van der Waals surface area contributed by atoms with Crippen molar-refractivity contribution < 1.29 is 9.59 Å². The molecule has 3 rings (SSSR count). The van der Waals surface area contributed by atoms with E-state index in [-0.39, 0.29) is 17.0 Å². The number of anilines is 1. The molecule has 1 saturated heterocycles. The summed E-state index contributed by atoms with van der Waals surface area (Å²) in [5.74, 6) is 0.485. The fourth-order valence-electron chi connectivity index (χ4n) is 4.64. The summed E-state index contributed by atoms with van der Waals surface area (Å²) in [6.07, 6.45) is 4.44. The van der Waals surface area contributed by atoms with E-state index in [1.54, 1.807) is 6.92 Å². The van der Waals surface area contributed by atoms with E-state index in [4.69, 9.17) is 0 Å². The number of Topliss-reactive ketones (excluding diaryl/α,β-unsaturated/α-hetero) is 2. The Labute approximate surface area is 157 Å². The predicted molar refractivity (Wildman–Crippen MR) is 106 cm³/mol. The lowest BCUT2D eigenvalue weighted by atomic mass is 9.72. The number of ketones is 2. The van der Waals surface area contributed by atoms with Crippen LogP contribution in [0, 0.1) is 5.41 Å². The topological polar surface area (TPSA) is 40.6 Å². The first-order valence-corrected chi connectivity index (χ1v) is 9.74. The van der Waals surface area contributed by atoms with Crippen molar-refractivity contribution in [2.45, 2.75) is 58.4 Å². The first-order chi connectivity index (χ1) is 12.1. The van der Waals surface area contributed by atoms with Gasteiger partial charge in [-0.2, -0.15) is 0 Å². The minimum absolute atomic E-state index is 0.164. The van der Waals surface area contributed by atoms with Crippen molar-refractivity contribution in [2.75, 3.05) is 32.1 Å². The van der Waals surface area contributed by atoms with Gasteiger partial charge in [0.2, 0.25) is 0 Å². The average molecular weight is 357 g/mol. The molecular formula is C22H32N2O2. The van der Waals surface area contributed by atoms with Gasteiger partial charge in [0.05, 0.1) is 0 Å². The van der Waals surface area contributed by atoms with Crippen molar-refractivity contribution in [3.8, 4) is 0 Å². The highest BCUT2D eigenvalue weighted by atomic mass is 16.1. The van der Waals surface area contributed by atoms with Crippen LogP contribution in [0.2, 0.25) is 0 Å². The molecule has 1 aliphatic heterocycles. The molecule has 0 aromatic heterocycles. The molecule has 4 nitrogen and oxygen atoms in total. The summed E-state index contributed by atoms with van der Waals surface area (Å²) >= 11 is 0. The van der Waals surface area contributed by atoms with Gasteiger partial charge in [-0.3, -0.25) is 9.59 Å². The number of hydrogen-bond donors (Lipinski definition) is 0. The molecular weight excluding hydrogens is 324 g/mol. The lowest BCUT2D eigenvalue weighted by Gasteiger charge is -2.53. The van der Waals surface area contributed by atoms with Crippen LogP contribution in [0.5, 0.6) is 0 Å². The molecule has 0 amide bonds. The molecule has 1 aromatic carbocycles. The Bertz CT molecular complexity index is 723. The van der Waals surface area contributed by atoms with E-state index in [9.17, 15) is 9.59 Å². The van der Waals surface area contributed by atoms with Crippen LogP contribution < -0.4 is 4.90 Å². The number of carbonyl (C=O) groups is 2. The van der Waals surface area contributed by atoms with Crippen molar-refractivity contribution in [3.63, 3.8) is 0 Å². The Balaban J connectivity index is 2.07. The van der Waals surface area contributed by atoms with Crippen LogP contribution >= 0.6 is 0 Å². The summed E-state index contributed by atoms with van der Waals surface area (Å²) in [7, 11) is 4.07. The van der Waals surface area contributed by atoms with Gasteiger partial charge in [-0.15, -0.1) is 0 Å². The first kappa shape index (κ1) is 19.1. The summed E-state index contributed by atoms with van der Waals surface area (Å²) in [5.41, 5.74) is 2.77. The summed E-state index contributed by atoms with van der Waals surface area (Å²) in [6.45, 7) is 7.86. The van der Waals surface area contributed by atoms with Crippen molar-refractivity contribution in [3.05, 3.63) is 29.3 Å². The van der Waals surface area contributed by atoms with Crippen LogP contribution in [-0.4, -0.2) is 49.2 Å². The Hall–Kier alpha value is -1.68. The molecule has 1 atom stereocenters. The molecule has 0 saturated carbocycles. The van der Waals surface area contributed by atoms with Gasteiger partial charge in [0, 0.05) is 30.8 Å². The van der Waals surface area contributed by atoms with Gasteiger partial charge in [-0.1, -0.05) is 13.8 Å². The molecule has 1 fully saturated rings. The molecule has 1 heterocycles. The highest BCUT2D eigenvalue weighted by Gasteiger charge is 2.48. The zero-order valence-corrected chi connectivity index (χ0v) is 16.9. The number of hydrogen-bond acceptors (Lipinski definition) is 4. The Morgan fingerprint density at radius 1 is 1.19 bits per heavy atom. The number of nitrogens with zero attached hydrogens (tertiary/aromatic N) is 2. The SMILES string of the molecule is CC(=O)C1(CN(C)C)CCC(C)(C)CN1c1ccc2c(c1)CCCC2=O. The molecule has 1 aromatic rings. The van der Waals surface area contributed by atoms with E-state index < -0.39 is 5.54 Å². The normalized spacial score (nSPS) is 25.3. The second-order valence-electron chi connectivity index (χ2n) is 9.19. The van der Waals surface area contributed by atoms with Crippen molar-refractivity contribution in [1.29, 1.82) is 0 Å². The van der Waals surface area contributed by atoms with E-state index in [1.807, 2.05) is 20.2 Å². The standard InChI is InChI=1S/C22H32N2O2/c1-16(25)22(15-23(4)5)12-11-21(2,3)14-24(22)18-9-10-19-17(13-18)7-6-8-20(19)26/h9-10,13H,6-8,11-12,14-15H2,1-5H3. The quantitative estimate of drug-likeness (QED) is 0.824. The maximum atomic E-state index is 12.9. The lowest BCUT2D eigenvalue weighted by molar-refractivity contribution is -0.124. The van der Waals surface area contributed by atoms with Crippen LogP contribution in [0.1, 0.15) is 62.4 Å². The molecule has 0 bridgehead atoms. The van der Waals surface area contributed by atoms with Crippen molar-refractivity contribution >= 4 is 17.3 Å². The number of piperidine rings is 1. The Morgan fingerprint density at radius 3 is 2.58 bits per heavy atom. The van der Waals surface area contributed by atoms with E-state index in [0.717, 1.165) is 49.0 Å². The van der Waals surface area contributed by atoms with E-state index in [0.29, 0.717) is 13.0 Å². The van der Waals surface area contributed by atoms with Gasteiger partial charge in [-0.25, -0.2) is 0 Å². The lowest BCUT2D eigenvalue weighted by Crippen LogP contribution is -2.64. The molecule has 4 heteroatoms. The summed E-state index contributed by atoms with van der Waals surface area (Å²) < 4.78 is 0. The Kier molecular flexibility index (Phi) is 5.00. The molecule has 1 aliphatic carbocycles. The molecule has 0 spiro atoms. The fourth-order valence-corrected chi connectivity index (χ4v) is 4.64. The number of rotatable bonds is 4. The van der Waals surface area contributed by atoms with Crippen LogP contribution in [0.25, 0.3) is 0 Å². The zero-order chi connectivity index (χ0) is 19.1. The van der Waals surface area contributed by atoms with Crippen LogP contribution in [0.15, 0.2) is 18.2 Å². The molecule has 26 heavy (non-hydrogen) atoms. The van der Waals surface area contributed by atoms with Crippen molar-refractivity contribution in [1.82, 2.24) is 4.90 Å². The maximum Gasteiger partial charge on any atom is 0.163 e. The number of carbonyl (C=O) groups excluding carboxylic acids is 2. The molecule has 2 aliphatic rings. The minimum Gasteiger partial charge on any atom is -0.357 e. The van der Waals surface area contributed by atoms with Crippen molar-refractivity contribution in [2.24, 2.45) is 5.41 Å². The highest BCUT2D eigenvalue weighted by molar-refractivity contribution is 5.99. The number of aryl methyl sites for hydroxylation is 1. The second-order valence-corrected chi connectivity index (χ2v) is 9.19. The van der Waals surface area contributed by atoms with Gasteiger partial charge in [0.15, 0.2) is 11.6 Å². The summed E-state index contributed by atoms with van der Waals surface area (Å²) in [5, 5.41) is 0. The largest absolute Gasteiger partial charge is 0.357 e. The molecule has 1 unspecified atom stereocenters. The van der Waals surface area contributed by atoms with E-state index in [1.165, 1.54) is 0 Å². The third kappa shape index (κ3) is 3.44. The van der Waals surface area contributed by atoms with Crippen LogP contribution in [0.4, 0.5) is 5.69 Å². The zero-order valence-electron chi connectivity index (χ0n) is 16.9. The van der Waals surface area contributed by atoms with Crippen LogP contribution in [0.3, 0.4) is 0 Å². The fraction of sp³-hybridized carbons (Fsp3) is 0.636. The number of likely N-dealkylation sites (N-methyl/N-ethyl adjacent to an activating group) is 1. The second kappa shape index (κ2) is 6.80. The monoisotopic (exact) mass is 356 g/mol. The highest BCUT2D eigenvalue weighted by Crippen LogP contribution is 2.42. The molecule has 0 radical (unpaired) electrons. The van der Waals surface area contributed by atoms with E-state index >= 15 is 0 Å². The minimum atomic E-state index is -0.494. The summed E-state index contributed by atoms with van der Waals surface area (Å²) in [4.78, 5) is 29.5. The summed E-state index contributed by atoms with van der Waals surface area (Å²) in [6, 6.07) is 6.20.